The zero-order valence-corrected chi connectivity index (χ0v) is 14.9. The predicted molar refractivity (Wildman–Crippen MR) is 95.4 cm³/mol. The van der Waals surface area contributed by atoms with E-state index in [-0.39, 0.29) is 5.91 Å². The Morgan fingerprint density at radius 3 is 2.79 bits per heavy atom. The number of thioether (sulfide) groups is 1. The number of pyridine rings is 1. The minimum atomic E-state index is -0.392. The minimum absolute atomic E-state index is 0.155. The molecule has 0 aliphatic heterocycles. The highest BCUT2D eigenvalue weighted by Crippen LogP contribution is 2.28. The molecule has 5 nitrogen and oxygen atoms in total. The summed E-state index contributed by atoms with van der Waals surface area (Å²) >= 11 is 1.28. The number of rotatable bonds is 5. The summed E-state index contributed by atoms with van der Waals surface area (Å²) in [7, 11) is 1.58. The molecule has 1 unspecified atom stereocenters. The van der Waals surface area contributed by atoms with Crippen molar-refractivity contribution in [1.82, 2.24) is 4.98 Å². The van der Waals surface area contributed by atoms with Gasteiger partial charge < -0.3 is 10.1 Å². The molecule has 1 aromatic carbocycles. The van der Waals surface area contributed by atoms with E-state index in [2.05, 4.69) is 16.4 Å². The van der Waals surface area contributed by atoms with Gasteiger partial charge in [-0.1, -0.05) is 17.8 Å². The van der Waals surface area contributed by atoms with Crippen molar-refractivity contribution in [3.05, 3.63) is 47.2 Å². The molecule has 0 fully saturated rings. The molecule has 1 amide bonds. The summed E-state index contributed by atoms with van der Waals surface area (Å²) in [6.07, 6.45) is 0. The summed E-state index contributed by atoms with van der Waals surface area (Å²) in [5.41, 5.74) is 2.88. The van der Waals surface area contributed by atoms with Gasteiger partial charge in [0.25, 0.3) is 0 Å². The number of hydrogen-bond acceptors (Lipinski definition) is 5. The smallest absolute Gasteiger partial charge is 0.237 e. The first kappa shape index (κ1) is 17.8. The molecule has 124 valence electrons. The number of nitriles is 1. The van der Waals surface area contributed by atoms with Gasteiger partial charge in [-0.05, 0) is 44.5 Å². The largest absolute Gasteiger partial charge is 0.497 e. The lowest BCUT2D eigenvalue weighted by Crippen LogP contribution is -2.22. The molecule has 6 heteroatoms. The van der Waals surface area contributed by atoms with E-state index >= 15 is 0 Å². The zero-order chi connectivity index (χ0) is 17.7. The van der Waals surface area contributed by atoms with Gasteiger partial charge in [0.05, 0.1) is 17.9 Å². The number of aryl methyl sites for hydroxylation is 2. The number of aromatic nitrogens is 1. The monoisotopic (exact) mass is 341 g/mol. The standard InChI is InChI=1S/C18H19N3O2S/c1-11-8-12(2)20-18(16(11)10-19)24-13(3)17(22)21-14-6-5-7-15(9-14)23-4/h5-9,13H,1-4H3,(H,21,22). The normalized spacial score (nSPS) is 11.5. The second-order valence-corrected chi connectivity index (χ2v) is 6.68. The average molecular weight is 341 g/mol. The second kappa shape index (κ2) is 7.84. The first-order valence-corrected chi connectivity index (χ1v) is 8.32. The van der Waals surface area contributed by atoms with Gasteiger partial charge >= 0.3 is 0 Å². The van der Waals surface area contributed by atoms with E-state index in [1.54, 1.807) is 26.2 Å². The van der Waals surface area contributed by atoms with Crippen molar-refractivity contribution < 1.29 is 9.53 Å². The molecule has 0 aliphatic rings. The lowest BCUT2D eigenvalue weighted by molar-refractivity contribution is -0.115. The Morgan fingerprint density at radius 1 is 1.38 bits per heavy atom. The Bertz CT molecular complexity index is 799. The van der Waals surface area contributed by atoms with Crippen molar-refractivity contribution in [3.8, 4) is 11.8 Å². The number of benzene rings is 1. The number of carbonyl (C=O) groups is 1. The van der Waals surface area contributed by atoms with Crippen molar-refractivity contribution in [2.75, 3.05) is 12.4 Å². The molecule has 1 N–H and O–H groups in total. The first-order valence-electron chi connectivity index (χ1n) is 7.44. The lowest BCUT2D eigenvalue weighted by atomic mass is 10.1. The van der Waals surface area contributed by atoms with Gasteiger partial charge in [-0.15, -0.1) is 0 Å². The molecule has 0 spiro atoms. The van der Waals surface area contributed by atoms with Gasteiger partial charge in [-0.2, -0.15) is 5.26 Å². The van der Waals surface area contributed by atoms with Crippen LogP contribution in [0, 0.1) is 25.2 Å². The van der Waals surface area contributed by atoms with Crippen molar-refractivity contribution in [1.29, 1.82) is 5.26 Å². The van der Waals surface area contributed by atoms with Gasteiger partial charge in [-0.25, -0.2) is 4.98 Å². The van der Waals surface area contributed by atoms with Crippen LogP contribution < -0.4 is 10.1 Å². The maximum absolute atomic E-state index is 12.4. The van der Waals surface area contributed by atoms with Crippen LogP contribution in [0.15, 0.2) is 35.4 Å². The van der Waals surface area contributed by atoms with Gasteiger partial charge in [0, 0.05) is 17.4 Å². The first-order chi connectivity index (χ1) is 11.4. The lowest BCUT2D eigenvalue weighted by Gasteiger charge is -2.14. The summed E-state index contributed by atoms with van der Waals surface area (Å²) in [4.78, 5) is 16.8. The third-order valence-electron chi connectivity index (χ3n) is 3.42. The minimum Gasteiger partial charge on any atom is -0.497 e. The molecule has 1 aromatic heterocycles. The number of amides is 1. The Morgan fingerprint density at radius 2 is 2.12 bits per heavy atom. The fraction of sp³-hybridized carbons (Fsp3) is 0.278. The molecule has 0 aliphatic carbocycles. The second-order valence-electron chi connectivity index (χ2n) is 5.35. The summed E-state index contributed by atoms with van der Waals surface area (Å²) in [5, 5.41) is 12.4. The number of carbonyl (C=O) groups excluding carboxylic acids is 1. The average Bonchev–Trinajstić information content (AvgIpc) is 2.54. The fourth-order valence-electron chi connectivity index (χ4n) is 2.19. The third kappa shape index (κ3) is 4.27. The van der Waals surface area contributed by atoms with Crippen LogP contribution in [0.1, 0.15) is 23.7 Å². The SMILES string of the molecule is COc1cccc(NC(=O)C(C)Sc2nc(C)cc(C)c2C#N)c1. The van der Waals surface area contributed by atoms with Gasteiger partial charge in [-0.3, -0.25) is 4.79 Å². The number of anilines is 1. The summed E-state index contributed by atoms with van der Waals surface area (Å²) in [6, 6.07) is 11.2. The van der Waals surface area contributed by atoms with E-state index < -0.39 is 5.25 Å². The summed E-state index contributed by atoms with van der Waals surface area (Å²) in [6.45, 7) is 5.54. The van der Waals surface area contributed by atoms with Crippen LogP contribution in [-0.2, 0) is 4.79 Å². The van der Waals surface area contributed by atoms with E-state index in [0.717, 1.165) is 11.3 Å². The van der Waals surface area contributed by atoms with Gasteiger partial charge in [0.1, 0.15) is 16.8 Å². The van der Waals surface area contributed by atoms with Crippen LogP contribution in [0.5, 0.6) is 5.75 Å². The molecular formula is C18H19N3O2S. The number of nitrogens with one attached hydrogen (secondary N) is 1. The molecule has 24 heavy (non-hydrogen) atoms. The van der Waals surface area contributed by atoms with Crippen LogP contribution in [0.3, 0.4) is 0 Å². The molecule has 0 radical (unpaired) electrons. The van der Waals surface area contributed by atoms with E-state index in [1.165, 1.54) is 11.8 Å². The van der Waals surface area contributed by atoms with Crippen LogP contribution in [0.25, 0.3) is 0 Å². The van der Waals surface area contributed by atoms with E-state index in [9.17, 15) is 10.1 Å². The van der Waals surface area contributed by atoms with Crippen LogP contribution in [0.4, 0.5) is 5.69 Å². The van der Waals surface area contributed by atoms with E-state index in [1.807, 2.05) is 32.0 Å². The molecule has 0 bridgehead atoms. The maximum Gasteiger partial charge on any atom is 0.237 e. The van der Waals surface area contributed by atoms with Crippen molar-refractivity contribution in [3.63, 3.8) is 0 Å². The van der Waals surface area contributed by atoms with Gasteiger partial charge in [0.15, 0.2) is 0 Å². The summed E-state index contributed by atoms with van der Waals surface area (Å²) < 4.78 is 5.15. The zero-order valence-electron chi connectivity index (χ0n) is 14.1. The van der Waals surface area contributed by atoms with E-state index in [0.29, 0.717) is 22.0 Å². The molecule has 1 heterocycles. The Hall–Kier alpha value is -2.52. The number of methoxy groups -OCH3 is 1. The molecule has 0 saturated carbocycles. The van der Waals surface area contributed by atoms with Gasteiger partial charge in [0.2, 0.25) is 5.91 Å². The van der Waals surface area contributed by atoms with Crippen LogP contribution >= 0.6 is 11.8 Å². The number of hydrogen-bond donors (Lipinski definition) is 1. The topological polar surface area (TPSA) is 75.0 Å². The Balaban J connectivity index is 2.13. The number of nitrogens with zero attached hydrogens (tertiary/aromatic N) is 2. The molecular weight excluding hydrogens is 322 g/mol. The quantitative estimate of drug-likeness (QED) is 0.839. The Kier molecular flexibility index (Phi) is 5.83. The van der Waals surface area contributed by atoms with Crippen LogP contribution in [0.2, 0.25) is 0 Å². The number of ether oxygens (including phenoxy) is 1. The molecule has 2 aromatic rings. The van der Waals surface area contributed by atoms with Crippen molar-refractivity contribution in [2.24, 2.45) is 0 Å². The van der Waals surface area contributed by atoms with Crippen LogP contribution in [-0.4, -0.2) is 23.3 Å². The fourth-order valence-corrected chi connectivity index (χ4v) is 3.21. The maximum atomic E-state index is 12.4. The highest BCUT2D eigenvalue weighted by molar-refractivity contribution is 8.00. The highest BCUT2D eigenvalue weighted by atomic mass is 32.2. The van der Waals surface area contributed by atoms with Crippen molar-refractivity contribution in [2.45, 2.75) is 31.0 Å². The Labute approximate surface area is 146 Å². The van der Waals surface area contributed by atoms with Crippen molar-refractivity contribution >= 4 is 23.4 Å². The molecule has 1 atom stereocenters. The third-order valence-corrected chi connectivity index (χ3v) is 4.50. The van der Waals surface area contributed by atoms with E-state index in [4.69, 9.17) is 4.74 Å². The molecule has 2 rings (SSSR count). The predicted octanol–water partition coefficient (Wildman–Crippen LogP) is 3.70. The molecule has 0 saturated heterocycles. The summed E-state index contributed by atoms with van der Waals surface area (Å²) in [5.74, 6) is 0.522. The highest BCUT2D eigenvalue weighted by Gasteiger charge is 2.19.